The van der Waals surface area contributed by atoms with Crippen molar-refractivity contribution in [2.45, 2.75) is 18.2 Å². The molecule has 0 aromatic heterocycles. The molecule has 1 rings (SSSR count). The molecule has 0 heterocycles. The third-order valence-electron chi connectivity index (χ3n) is 2.09. The van der Waals surface area contributed by atoms with Gasteiger partial charge in [0.05, 0.1) is 10.9 Å². The maximum absolute atomic E-state index is 13.2. The molecule has 6 heteroatoms. The number of halogens is 3. The van der Waals surface area contributed by atoms with Gasteiger partial charge in [0.2, 0.25) is 0 Å². The van der Waals surface area contributed by atoms with Gasteiger partial charge in [-0.1, -0.05) is 0 Å². The fourth-order valence-corrected chi connectivity index (χ4v) is 1.46. The fraction of sp³-hybridized carbons (Fsp3) is 0.273. The van der Waals surface area contributed by atoms with Crippen LogP contribution in [0.25, 0.3) is 0 Å². The molecular formula is C11H9ClF2O3. The predicted octanol–water partition coefficient (Wildman–Crippen LogP) is 2.62. The number of hydrogen-bond acceptors (Lipinski definition) is 2. The van der Waals surface area contributed by atoms with Gasteiger partial charge in [-0.15, -0.1) is 11.6 Å². The number of hydrogen-bond donors (Lipinski definition) is 1. The Morgan fingerprint density at radius 3 is 2.59 bits per heavy atom. The number of benzene rings is 1. The van der Waals surface area contributed by atoms with Crippen LogP contribution in [0.5, 0.6) is 0 Å². The zero-order chi connectivity index (χ0) is 13.0. The van der Waals surface area contributed by atoms with Gasteiger partial charge in [-0.2, -0.15) is 0 Å². The van der Waals surface area contributed by atoms with Crippen molar-refractivity contribution >= 4 is 23.4 Å². The van der Waals surface area contributed by atoms with Gasteiger partial charge in [-0.05, 0) is 24.6 Å². The van der Waals surface area contributed by atoms with E-state index in [2.05, 4.69) is 0 Å². The SMILES string of the molecule is O=C(O)CCC(Cl)C(=O)c1cc(F)ccc1F. The molecule has 92 valence electrons. The highest BCUT2D eigenvalue weighted by Gasteiger charge is 2.21. The average molecular weight is 263 g/mol. The summed E-state index contributed by atoms with van der Waals surface area (Å²) in [4.78, 5) is 21.9. The highest BCUT2D eigenvalue weighted by atomic mass is 35.5. The van der Waals surface area contributed by atoms with Crippen molar-refractivity contribution in [2.75, 3.05) is 0 Å². The third-order valence-corrected chi connectivity index (χ3v) is 2.51. The second-order valence-corrected chi connectivity index (χ2v) is 3.92. The highest BCUT2D eigenvalue weighted by Crippen LogP contribution is 2.17. The molecule has 1 aromatic rings. The lowest BCUT2D eigenvalue weighted by atomic mass is 10.0. The minimum absolute atomic E-state index is 0.133. The van der Waals surface area contributed by atoms with Crippen LogP contribution in [0.2, 0.25) is 0 Å². The number of carboxylic acids is 1. The quantitative estimate of drug-likeness (QED) is 0.655. The molecule has 0 spiro atoms. The number of aliphatic carboxylic acids is 1. The molecule has 0 amide bonds. The molecule has 17 heavy (non-hydrogen) atoms. The molecule has 0 aliphatic rings. The van der Waals surface area contributed by atoms with Crippen LogP contribution in [-0.4, -0.2) is 22.2 Å². The van der Waals surface area contributed by atoms with Crippen LogP contribution in [0.4, 0.5) is 8.78 Å². The first kappa shape index (κ1) is 13.6. The summed E-state index contributed by atoms with van der Waals surface area (Å²) < 4.78 is 26.0. The van der Waals surface area contributed by atoms with E-state index < -0.39 is 34.3 Å². The Bertz CT molecular complexity index is 448. The number of ketones is 1. The van der Waals surface area contributed by atoms with Crippen LogP contribution < -0.4 is 0 Å². The second kappa shape index (κ2) is 5.72. The van der Waals surface area contributed by atoms with Crippen molar-refractivity contribution in [1.29, 1.82) is 0 Å². The van der Waals surface area contributed by atoms with E-state index in [0.717, 1.165) is 18.2 Å². The maximum Gasteiger partial charge on any atom is 0.303 e. The molecule has 0 fully saturated rings. The Balaban J connectivity index is 2.81. The van der Waals surface area contributed by atoms with Crippen LogP contribution in [0.15, 0.2) is 18.2 Å². The monoisotopic (exact) mass is 262 g/mol. The maximum atomic E-state index is 13.2. The summed E-state index contributed by atoms with van der Waals surface area (Å²) in [5.74, 6) is -3.55. The minimum atomic E-state index is -1.18. The second-order valence-electron chi connectivity index (χ2n) is 3.39. The van der Waals surface area contributed by atoms with E-state index in [0.29, 0.717) is 0 Å². The summed E-state index contributed by atoms with van der Waals surface area (Å²) in [6.07, 6.45) is -0.442. The van der Waals surface area contributed by atoms with E-state index in [1.54, 1.807) is 0 Å². The molecule has 1 N–H and O–H groups in total. The highest BCUT2D eigenvalue weighted by molar-refractivity contribution is 6.34. The van der Waals surface area contributed by atoms with Crippen molar-refractivity contribution in [3.05, 3.63) is 35.4 Å². The standard InChI is InChI=1S/C11H9ClF2O3/c12-8(2-4-10(15)16)11(17)7-5-6(13)1-3-9(7)14/h1,3,5,8H,2,4H2,(H,15,16). The molecular weight excluding hydrogens is 254 g/mol. The number of Topliss-reactive ketones (excluding diaryl/α,β-unsaturated/α-hetero) is 1. The topological polar surface area (TPSA) is 54.4 Å². The first-order valence-corrected chi connectivity index (χ1v) is 5.20. The van der Waals surface area contributed by atoms with Crippen LogP contribution in [0.3, 0.4) is 0 Å². The van der Waals surface area contributed by atoms with Crippen LogP contribution in [0.1, 0.15) is 23.2 Å². The number of carboxylic acid groups (broad SMARTS) is 1. The lowest BCUT2D eigenvalue weighted by molar-refractivity contribution is -0.137. The van der Waals surface area contributed by atoms with E-state index >= 15 is 0 Å². The summed E-state index contributed by atoms with van der Waals surface area (Å²) in [6.45, 7) is 0. The lowest BCUT2D eigenvalue weighted by Crippen LogP contribution is -2.17. The van der Waals surface area contributed by atoms with Crippen molar-refractivity contribution in [3.8, 4) is 0 Å². The molecule has 0 saturated carbocycles. The molecule has 0 bridgehead atoms. The van der Waals surface area contributed by atoms with E-state index in [9.17, 15) is 18.4 Å². The van der Waals surface area contributed by atoms with Gasteiger partial charge < -0.3 is 5.11 Å². The van der Waals surface area contributed by atoms with Gasteiger partial charge >= 0.3 is 5.97 Å². The van der Waals surface area contributed by atoms with Crippen LogP contribution >= 0.6 is 11.6 Å². The number of carbonyl (C=O) groups is 2. The van der Waals surface area contributed by atoms with Crippen LogP contribution in [-0.2, 0) is 4.79 Å². The summed E-state index contributed by atoms with van der Waals surface area (Å²) >= 11 is 5.63. The Morgan fingerprint density at radius 2 is 2.00 bits per heavy atom. The summed E-state index contributed by atoms with van der Waals surface area (Å²) in [5, 5.41) is 7.23. The molecule has 0 aliphatic carbocycles. The largest absolute Gasteiger partial charge is 0.481 e. The first-order chi connectivity index (χ1) is 7.91. The van der Waals surface area contributed by atoms with Crippen molar-refractivity contribution in [3.63, 3.8) is 0 Å². The van der Waals surface area contributed by atoms with E-state index in [1.807, 2.05) is 0 Å². The summed E-state index contributed by atoms with van der Waals surface area (Å²) in [7, 11) is 0. The molecule has 1 unspecified atom stereocenters. The molecule has 3 nitrogen and oxygen atoms in total. The van der Waals surface area contributed by atoms with Gasteiger partial charge in [-0.25, -0.2) is 8.78 Å². The smallest absolute Gasteiger partial charge is 0.303 e. The Morgan fingerprint density at radius 1 is 1.35 bits per heavy atom. The van der Waals surface area contributed by atoms with Gasteiger partial charge in [0.25, 0.3) is 0 Å². The minimum Gasteiger partial charge on any atom is -0.481 e. The fourth-order valence-electron chi connectivity index (χ4n) is 1.24. The molecule has 1 atom stereocenters. The summed E-state index contributed by atoms with van der Waals surface area (Å²) in [5.41, 5.74) is -0.463. The van der Waals surface area contributed by atoms with E-state index in [-0.39, 0.29) is 12.8 Å². The Labute approximate surface area is 101 Å². The average Bonchev–Trinajstić information content (AvgIpc) is 2.28. The van der Waals surface area contributed by atoms with E-state index in [4.69, 9.17) is 16.7 Å². The molecule has 0 saturated heterocycles. The van der Waals surface area contributed by atoms with Gasteiger partial charge in [0.15, 0.2) is 5.78 Å². The Kier molecular flexibility index (Phi) is 4.57. The molecule has 1 aromatic carbocycles. The van der Waals surface area contributed by atoms with Crippen molar-refractivity contribution in [2.24, 2.45) is 0 Å². The van der Waals surface area contributed by atoms with Crippen molar-refractivity contribution in [1.82, 2.24) is 0 Å². The third kappa shape index (κ3) is 3.78. The predicted molar refractivity (Wildman–Crippen MR) is 57.2 cm³/mol. The lowest BCUT2D eigenvalue weighted by Gasteiger charge is -2.07. The number of carbonyl (C=O) groups excluding carboxylic acids is 1. The molecule has 0 radical (unpaired) electrons. The number of rotatable bonds is 5. The normalized spacial score (nSPS) is 12.2. The zero-order valence-electron chi connectivity index (χ0n) is 8.62. The summed E-state index contributed by atoms with van der Waals surface area (Å²) in [6, 6.07) is 2.45. The zero-order valence-corrected chi connectivity index (χ0v) is 9.38. The van der Waals surface area contributed by atoms with Crippen molar-refractivity contribution < 1.29 is 23.5 Å². The van der Waals surface area contributed by atoms with E-state index in [1.165, 1.54) is 0 Å². The van der Waals surface area contributed by atoms with Gasteiger partial charge in [-0.3, -0.25) is 9.59 Å². The Hall–Kier alpha value is -1.49. The van der Waals surface area contributed by atoms with Gasteiger partial charge in [0, 0.05) is 6.42 Å². The first-order valence-electron chi connectivity index (χ1n) is 4.77. The number of alkyl halides is 1. The van der Waals surface area contributed by atoms with Gasteiger partial charge in [0.1, 0.15) is 11.6 Å². The van der Waals surface area contributed by atoms with Crippen LogP contribution in [0, 0.1) is 11.6 Å². The molecule has 0 aliphatic heterocycles.